The zero-order valence-electron chi connectivity index (χ0n) is 26.5. The largest absolute Gasteiger partial charge is 0.756 e. The molecule has 2 fully saturated rings. The molecule has 6 rings (SSSR count). The monoisotopic (exact) mass is 648 g/mol. The van der Waals surface area contributed by atoms with Crippen LogP contribution in [0.4, 0.5) is 0 Å². The summed E-state index contributed by atoms with van der Waals surface area (Å²) < 4.78 is 38.4. The number of amides is 2. The number of nitriles is 2. The van der Waals surface area contributed by atoms with Crippen LogP contribution in [0.15, 0.2) is 36.4 Å². The lowest BCUT2D eigenvalue weighted by atomic mass is 9.85. The molecule has 4 atom stereocenters. The standard InChI is InChI=1S/C32H35N4O8P.CH3/c1-31(2)29(27(35-13-5-7-25(35)37)21-15-19(17-33)9-11-23(21)41-31)43-45(39,40)44-30-28(36-14-6-8-26(36)38)22-16-20(18-34)10-12-24(22)42-32(30,3)4;/h9-12,15-16,27-30H,5-8,13-14H2,1-4H3,(H,39,40);1H3/q;+1/p-1. The highest BCUT2D eigenvalue weighted by atomic mass is 31.2. The van der Waals surface area contributed by atoms with Crippen LogP contribution in [-0.2, 0) is 23.2 Å². The van der Waals surface area contributed by atoms with Crippen LogP contribution in [0.2, 0.25) is 0 Å². The molecule has 0 N–H and O–H groups in total. The third-order valence-electron chi connectivity index (χ3n) is 8.98. The Kier molecular flexibility index (Phi) is 8.65. The molecule has 4 aliphatic rings. The molecule has 2 amide bonds. The predicted octanol–water partition coefficient (Wildman–Crippen LogP) is 4.49. The SMILES string of the molecule is CC1(C)Oc2ccc(C#N)cc2C(N2CCCC2=O)C1OP(=O)([O-])OC1C(N2CCCC2=O)c2cc(C#N)ccc2OC1(C)C.[CH3+]. The first-order chi connectivity index (χ1) is 21.2. The Morgan fingerprint density at radius 3 is 1.52 bits per heavy atom. The van der Waals surface area contributed by atoms with E-state index in [0.29, 0.717) is 72.5 Å². The summed E-state index contributed by atoms with van der Waals surface area (Å²) in [5.74, 6) is 0.509. The quantitative estimate of drug-likeness (QED) is 0.322. The molecule has 0 spiro atoms. The molecule has 242 valence electrons. The average Bonchev–Trinajstić information content (AvgIpc) is 3.60. The zero-order valence-corrected chi connectivity index (χ0v) is 27.4. The number of phosphoric acid groups is 1. The summed E-state index contributed by atoms with van der Waals surface area (Å²) in [6.07, 6.45) is -0.724. The molecule has 13 heteroatoms. The van der Waals surface area contributed by atoms with Crippen molar-refractivity contribution in [3.05, 3.63) is 66.1 Å². The van der Waals surface area contributed by atoms with Crippen molar-refractivity contribution in [2.24, 2.45) is 0 Å². The normalized spacial score (nSPS) is 27.2. The minimum absolute atomic E-state index is 0. The van der Waals surface area contributed by atoms with Crippen LogP contribution in [0, 0.1) is 30.1 Å². The number of hydrogen-bond donors (Lipinski definition) is 0. The molecule has 4 heterocycles. The van der Waals surface area contributed by atoms with Crippen LogP contribution in [0.5, 0.6) is 11.5 Å². The number of likely N-dealkylation sites (tertiary alicyclic amines) is 2. The van der Waals surface area contributed by atoms with E-state index in [-0.39, 0.29) is 19.2 Å². The lowest BCUT2D eigenvalue weighted by Crippen LogP contribution is -2.57. The number of fused-ring (bicyclic) bond motifs is 2. The van der Waals surface area contributed by atoms with Crippen molar-refractivity contribution in [2.45, 2.75) is 88.9 Å². The van der Waals surface area contributed by atoms with E-state index < -0.39 is 43.3 Å². The second kappa shape index (κ2) is 11.9. The molecular weight excluding hydrogens is 611 g/mol. The summed E-state index contributed by atoms with van der Waals surface area (Å²) in [6.45, 7) is 7.44. The molecule has 12 nitrogen and oxygen atoms in total. The first-order valence-corrected chi connectivity index (χ1v) is 16.4. The van der Waals surface area contributed by atoms with Gasteiger partial charge in [0.1, 0.15) is 34.9 Å². The number of benzene rings is 2. The van der Waals surface area contributed by atoms with Gasteiger partial charge in [0.05, 0.1) is 35.3 Å². The highest BCUT2D eigenvalue weighted by Gasteiger charge is 2.54. The van der Waals surface area contributed by atoms with Gasteiger partial charge in [-0.25, -0.2) is 0 Å². The molecule has 4 aliphatic heterocycles. The molecule has 0 radical (unpaired) electrons. The Morgan fingerprint density at radius 2 is 1.20 bits per heavy atom. The number of ether oxygens (including phenoxy) is 2. The van der Waals surface area contributed by atoms with Gasteiger partial charge in [-0.2, -0.15) is 10.5 Å². The first-order valence-electron chi connectivity index (χ1n) is 15.0. The van der Waals surface area contributed by atoms with E-state index in [0.717, 1.165) is 0 Å². The number of hydrogen-bond acceptors (Lipinski definition) is 10. The smallest absolute Gasteiger partial charge is 0.268 e. The van der Waals surface area contributed by atoms with Crippen molar-refractivity contribution in [3.8, 4) is 23.6 Å². The third-order valence-corrected chi connectivity index (χ3v) is 9.95. The van der Waals surface area contributed by atoms with Crippen molar-refractivity contribution < 1.29 is 37.6 Å². The van der Waals surface area contributed by atoms with Gasteiger partial charge in [0.25, 0.3) is 7.82 Å². The number of phosphoric ester groups is 1. The van der Waals surface area contributed by atoms with Gasteiger partial charge in [-0.3, -0.25) is 14.2 Å². The molecule has 0 aliphatic carbocycles. The molecule has 0 bridgehead atoms. The Morgan fingerprint density at radius 1 is 0.804 bits per heavy atom. The lowest BCUT2D eigenvalue weighted by molar-refractivity contribution is -0.253. The average molecular weight is 649 g/mol. The predicted molar refractivity (Wildman–Crippen MR) is 163 cm³/mol. The Balaban J connectivity index is 0.00000417. The van der Waals surface area contributed by atoms with Gasteiger partial charge in [0.2, 0.25) is 11.8 Å². The van der Waals surface area contributed by atoms with Gasteiger partial charge in [0.15, 0.2) is 0 Å². The summed E-state index contributed by atoms with van der Waals surface area (Å²) in [6, 6.07) is 12.1. The van der Waals surface area contributed by atoms with Crippen molar-refractivity contribution in [2.75, 3.05) is 13.1 Å². The molecule has 2 saturated heterocycles. The summed E-state index contributed by atoms with van der Waals surface area (Å²) in [7, 11) is -5.26. The van der Waals surface area contributed by atoms with Crippen LogP contribution in [-0.4, -0.2) is 58.1 Å². The van der Waals surface area contributed by atoms with E-state index in [1.165, 1.54) is 0 Å². The number of carbonyl (C=O) groups excluding carboxylic acids is 2. The van der Waals surface area contributed by atoms with E-state index in [2.05, 4.69) is 12.1 Å². The van der Waals surface area contributed by atoms with Gasteiger partial charge in [-0.1, -0.05) is 0 Å². The molecule has 46 heavy (non-hydrogen) atoms. The first kappa shape index (κ1) is 33.3. The van der Waals surface area contributed by atoms with E-state index in [1.54, 1.807) is 73.9 Å². The van der Waals surface area contributed by atoms with E-state index in [9.17, 15) is 29.6 Å². The number of nitrogens with zero attached hydrogens (tertiary/aromatic N) is 4. The van der Waals surface area contributed by atoms with Crippen molar-refractivity contribution in [1.82, 2.24) is 9.80 Å². The molecule has 2 aromatic carbocycles. The van der Waals surface area contributed by atoms with E-state index in [4.69, 9.17) is 18.5 Å². The topological polar surface area (TPSA) is 165 Å². The van der Waals surface area contributed by atoms with Crippen LogP contribution >= 0.6 is 7.82 Å². The van der Waals surface area contributed by atoms with E-state index in [1.807, 2.05) is 0 Å². The highest BCUT2D eigenvalue weighted by Crippen LogP contribution is 2.56. The maximum atomic E-state index is 14.1. The summed E-state index contributed by atoms with van der Waals surface area (Å²) in [5.41, 5.74) is -0.931. The summed E-state index contributed by atoms with van der Waals surface area (Å²) in [4.78, 5) is 43.3. The molecule has 4 unspecified atom stereocenters. The van der Waals surface area contributed by atoms with Gasteiger partial charge in [0, 0.05) is 44.5 Å². The maximum Gasteiger partial charge on any atom is 0.268 e. The Labute approximate surface area is 269 Å². The van der Waals surface area contributed by atoms with Crippen molar-refractivity contribution >= 4 is 19.6 Å². The minimum atomic E-state index is -5.26. The summed E-state index contributed by atoms with van der Waals surface area (Å²) >= 11 is 0. The fraction of sp³-hybridized carbons (Fsp3) is 0.485. The lowest BCUT2D eigenvalue weighted by Gasteiger charge is -2.51. The van der Waals surface area contributed by atoms with Crippen molar-refractivity contribution in [1.29, 1.82) is 10.5 Å². The Hall–Kier alpha value is -4.06. The molecular formula is C33H37N4O8P. The number of rotatable bonds is 6. The van der Waals surface area contributed by atoms with Gasteiger partial charge >= 0.3 is 0 Å². The second-order valence-electron chi connectivity index (χ2n) is 12.9. The minimum Gasteiger partial charge on any atom is -0.756 e. The Bertz CT molecular complexity index is 1580. The van der Waals surface area contributed by atoms with Gasteiger partial charge < -0.3 is 33.2 Å². The highest BCUT2D eigenvalue weighted by molar-refractivity contribution is 7.45. The van der Waals surface area contributed by atoms with Crippen LogP contribution in [0.1, 0.15) is 87.7 Å². The summed E-state index contributed by atoms with van der Waals surface area (Å²) in [5, 5.41) is 19.2. The van der Waals surface area contributed by atoms with Crippen molar-refractivity contribution in [3.63, 3.8) is 0 Å². The fourth-order valence-electron chi connectivity index (χ4n) is 6.91. The van der Waals surface area contributed by atoms with E-state index >= 15 is 0 Å². The molecule has 2 aromatic rings. The van der Waals surface area contributed by atoms with Gasteiger partial charge in [-0.15, -0.1) is 0 Å². The second-order valence-corrected chi connectivity index (χ2v) is 14.2. The van der Waals surface area contributed by atoms with Gasteiger partial charge in [-0.05, 0) is 76.9 Å². The van der Waals surface area contributed by atoms with Crippen LogP contribution in [0.25, 0.3) is 0 Å². The molecule has 0 aromatic heterocycles. The third kappa shape index (κ3) is 5.83. The fourth-order valence-corrected chi connectivity index (χ4v) is 8.26. The zero-order chi connectivity index (χ0) is 32.3. The molecule has 0 saturated carbocycles. The van der Waals surface area contributed by atoms with Crippen LogP contribution < -0.4 is 14.4 Å². The maximum absolute atomic E-state index is 14.1. The number of carbonyl (C=O) groups is 2. The van der Waals surface area contributed by atoms with Crippen LogP contribution in [0.3, 0.4) is 0 Å².